The summed E-state index contributed by atoms with van der Waals surface area (Å²) in [6, 6.07) is 5.25. The standard InChI is InChI=1S/C32H54N2O4/c1-3-4-5-6-7-8-9-10-11-12-13-14-17-26(2)32(36)33-28(25-34-20-15-16-21-34)31(35)27-18-19-29-30(24-27)38-23-22-37-29/h18-19,24,26,28,31,35H,3-17,20-23,25H2,1-2H3,(H,33,36)/t26?,28-,31-/m1/s1. The number of rotatable bonds is 19. The van der Waals surface area contributed by atoms with E-state index >= 15 is 0 Å². The Balaban J connectivity index is 1.38. The summed E-state index contributed by atoms with van der Waals surface area (Å²) in [5, 5.41) is 14.5. The van der Waals surface area contributed by atoms with Gasteiger partial charge in [0, 0.05) is 12.5 Å². The average Bonchev–Trinajstić information content (AvgIpc) is 3.45. The molecule has 1 aromatic rings. The Morgan fingerprint density at radius 3 is 2.11 bits per heavy atom. The molecule has 6 nitrogen and oxygen atoms in total. The number of ether oxygens (including phenoxy) is 2. The first-order chi connectivity index (χ1) is 18.6. The number of carbonyl (C=O) groups is 1. The van der Waals surface area contributed by atoms with Crippen LogP contribution in [-0.2, 0) is 4.79 Å². The molecule has 3 atom stereocenters. The molecule has 1 unspecified atom stereocenters. The first kappa shape index (κ1) is 30.7. The molecule has 0 saturated carbocycles. The minimum atomic E-state index is -0.797. The predicted molar refractivity (Wildman–Crippen MR) is 155 cm³/mol. The number of carbonyl (C=O) groups excluding carboxylic acids is 1. The lowest BCUT2D eigenvalue weighted by Gasteiger charge is -2.30. The average molecular weight is 531 g/mol. The van der Waals surface area contributed by atoms with E-state index in [1.54, 1.807) is 0 Å². The fourth-order valence-corrected chi connectivity index (χ4v) is 5.69. The Morgan fingerprint density at radius 2 is 1.47 bits per heavy atom. The first-order valence-electron chi connectivity index (χ1n) is 15.7. The first-order valence-corrected chi connectivity index (χ1v) is 15.7. The molecule has 0 bridgehead atoms. The number of aliphatic hydroxyl groups excluding tert-OH is 1. The molecule has 38 heavy (non-hydrogen) atoms. The van der Waals surface area contributed by atoms with Gasteiger partial charge < -0.3 is 24.8 Å². The van der Waals surface area contributed by atoms with Crippen LogP contribution in [0.3, 0.4) is 0 Å². The number of hydrogen-bond acceptors (Lipinski definition) is 5. The molecule has 3 rings (SSSR count). The van der Waals surface area contributed by atoms with Gasteiger partial charge >= 0.3 is 0 Å². The molecule has 2 N–H and O–H groups in total. The zero-order chi connectivity index (χ0) is 27.0. The summed E-state index contributed by atoms with van der Waals surface area (Å²) in [6.45, 7) is 8.05. The van der Waals surface area contributed by atoms with Crippen LogP contribution in [0.25, 0.3) is 0 Å². The molecule has 1 amide bonds. The van der Waals surface area contributed by atoms with Gasteiger partial charge in [0.1, 0.15) is 19.3 Å². The van der Waals surface area contributed by atoms with Crippen molar-refractivity contribution >= 4 is 5.91 Å². The van der Waals surface area contributed by atoms with Gasteiger partial charge in [-0.25, -0.2) is 0 Å². The Bertz CT molecular complexity index is 796. The third-order valence-corrected chi connectivity index (χ3v) is 8.21. The normalized spacial score (nSPS) is 17.8. The Hall–Kier alpha value is -1.79. The van der Waals surface area contributed by atoms with Gasteiger partial charge in [-0.3, -0.25) is 4.79 Å². The van der Waals surface area contributed by atoms with E-state index in [1.165, 1.54) is 83.5 Å². The molecule has 0 radical (unpaired) electrons. The van der Waals surface area contributed by atoms with Crippen molar-refractivity contribution in [3.8, 4) is 11.5 Å². The molecule has 2 heterocycles. The second-order valence-corrected chi connectivity index (χ2v) is 11.5. The highest BCUT2D eigenvalue weighted by molar-refractivity contribution is 5.78. The highest BCUT2D eigenvalue weighted by Crippen LogP contribution is 2.33. The summed E-state index contributed by atoms with van der Waals surface area (Å²) in [5.41, 5.74) is 0.757. The van der Waals surface area contributed by atoms with Gasteiger partial charge in [0.2, 0.25) is 5.91 Å². The monoisotopic (exact) mass is 530 g/mol. The maximum absolute atomic E-state index is 13.1. The summed E-state index contributed by atoms with van der Waals surface area (Å²) >= 11 is 0. The fourth-order valence-electron chi connectivity index (χ4n) is 5.69. The number of nitrogens with one attached hydrogen (secondary N) is 1. The van der Waals surface area contributed by atoms with Crippen LogP contribution in [0.2, 0.25) is 0 Å². The van der Waals surface area contributed by atoms with Crippen LogP contribution in [0.1, 0.15) is 122 Å². The molecule has 1 fully saturated rings. The van der Waals surface area contributed by atoms with E-state index < -0.39 is 6.10 Å². The summed E-state index contributed by atoms with van der Waals surface area (Å²) in [7, 11) is 0. The van der Waals surface area contributed by atoms with Gasteiger partial charge in [0.25, 0.3) is 0 Å². The second-order valence-electron chi connectivity index (χ2n) is 11.5. The lowest BCUT2D eigenvalue weighted by molar-refractivity contribution is -0.126. The van der Waals surface area contributed by atoms with Gasteiger partial charge in [-0.2, -0.15) is 0 Å². The summed E-state index contributed by atoms with van der Waals surface area (Å²) < 4.78 is 11.4. The molecule has 1 aromatic carbocycles. The lowest BCUT2D eigenvalue weighted by atomic mass is 9.97. The molecule has 2 aliphatic rings. The van der Waals surface area contributed by atoms with Crippen LogP contribution in [0.4, 0.5) is 0 Å². The topological polar surface area (TPSA) is 71.0 Å². The number of unbranched alkanes of at least 4 members (excludes halogenated alkanes) is 11. The van der Waals surface area contributed by atoms with E-state index in [0.29, 0.717) is 31.3 Å². The third kappa shape index (κ3) is 10.8. The van der Waals surface area contributed by atoms with E-state index in [-0.39, 0.29) is 17.9 Å². The molecule has 0 aromatic heterocycles. The summed E-state index contributed by atoms with van der Waals surface area (Å²) in [6.07, 6.45) is 18.3. The number of fused-ring (bicyclic) bond motifs is 1. The summed E-state index contributed by atoms with van der Waals surface area (Å²) in [4.78, 5) is 15.5. The van der Waals surface area contributed by atoms with E-state index in [1.807, 2.05) is 25.1 Å². The highest BCUT2D eigenvalue weighted by atomic mass is 16.6. The van der Waals surface area contributed by atoms with Crippen molar-refractivity contribution < 1.29 is 19.4 Å². The van der Waals surface area contributed by atoms with Crippen molar-refractivity contribution in [3.05, 3.63) is 23.8 Å². The van der Waals surface area contributed by atoms with Crippen molar-refractivity contribution in [2.24, 2.45) is 5.92 Å². The van der Waals surface area contributed by atoms with Crippen LogP contribution in [0, 0.1) is 5.92 Å². The van der Waals surface area contributed by atoms with Gasteiger partial charge in [-0.1, -0.05) is 97.0 Å². The van der Waals surface area contributed by atoms with Crippen molar-refractivity contribution in [1.29, 1.82) is 0 Å². The highest BCUT2D eigenvalue weighted by Gasteiger charge is 2.29. The fraction of sp³-hybridized carbons (Fsp3) is 0.781. The number of hydrogen-bond donors (Lipinski definition) is 2. The lowest BCUT2D eigenvalue weighted by Crippen LogP contribution is -2.48. The number of likely N-dealkylation sites (tertiary alicyclic amines) is 1. The Morgan fingerprint density at radius 1 is 0.895 bits per heavy atom. The van der Waals surface area contributed by atoms with Crippen molar-refractivity contribution in [3.63, 3.8) is 0 Å². The number of aliphatic hydroxyl groups is 1. The zero-order valence-electron chi connectivity index (χ0n) is 24.2. The van der Waals surface area contributed by atoms with Crippen molar-refractivity contribution in [2.75, 3.05) is 32.8 Å². The second kappa shape index (κ2) is 17.7. The SMILES string of the molecule is CCCCCCCCCCCCCCC(C)C(=O)N[C@H](CN1CCCC1)[C@H](O)c1ccc2c(c1)OCCO2. The zero-order valence-corrected chi connectivity index (χ0v) is 24.2. The third-order valence-electron chi connectivity index (χ3n) is 8.21. The van der Waals surface area contributed by atoms with Crippen molar-refractivity contribution in [1.82, 2.24) is 10.2 Å². The minimum Gasteiger partial charge on any atom is -0.486 e. The molecule has 1 saturated heterocycles. The summed E-state index contributed by atoms with van der Waals surface area (Å²) in [5.74, 6) is 1.38. The van der Waals surface area contributed by atoms with E-state index in [0.717, 1.165) is 31.5 Å². The largest absolute Gasteiger partial charge is 0.486 e. The Labute approximate surface area is 231 Å². The van der Waals surface area contributed by atoms with E-state index in [4.69, 9.17) is 9.47 Å². The number of nitrogens with zero attached hydrogens (tertiary/aromatic N) is 1. The quantitative estimate of drug-likeness (QED) is 0.193. The van der Waals surface area contributed by atoms with Crippen LogP contribution in [0.15, 0.2) is 18.2 Å². The molecular formula is C32H54N2O4. The maximum atomic E-state index is 13.1. The van der Waals surface area contributed by atoms with Gasteiger partial charge in [-0.05, 0) is 50.0 Å². The minimum absolute atomic E-state index is 0.0494. The van der Waals surface area contributed by atoms with Gasteiger partial charge in [0.15, 0.2) is 11.5 Å². The molecule has 0 aliphatic carbocycles. The van der Waals surface area contributed by atoms with Crippen molar-refractivity contribution in [2.45, 2.75) is 122 Å². The predicted octanol–water partition coefficient (Wildman–Crippen LogP) is 6.80. The van der Waals surface area contributed by atoms with Crippen LogP contribution < -0.4 is 14.8 Å². The van der Waals surface area contributed by atoms with Gasteiger partial charge in [0.05, 0.1) is 6.04 Å². The van der Waals surface area contributed by atoms with E-state index in [9.17, 15) is 9.90 Å². The Kier molecular flexibility index (Phi) is 14.3. The van der Waals surface area contributed by atoms with Gasteiger partial charge in [-0.15, -0.1) is 0 Å². The molecule has 216 valence electrons. The molecule has 6 heteroatoms. The van der Waals surface area contributed by atoms with E-state index in [2.05, 4.69) is 17.1 Å². The molecule has 2 aliphatic heterocycles. The molecular weight excluding hydrogens is 476 g/mol. The van der Waals surface area contributed by atoms with Crippen LogP contribution in [-0.4, -0.2) is 54.8 Å². The van der Waals surface area contributed by atoms with Crippen LogP contribution in [0.5, 0.6) is 11.5 Å². The number of amides is 1. The smallest absolute Gasteiger partial charge is 0.223 e. The van der Waals surface area contributed by atoms with Crippen LogP contribution >= 0.6 is 0 Å². The maximum Gasteiger partial charge on any atom is 0.223 e. The molecule has 0 spiro atoms. The number of benzene rings is 1.